The first kappa shape index (κ1) is 33.7. The van der Waals surface area contributed by atoms with Gasteiger partial charge >= 0.3 is 0 Å². The minimum absolute atomic E-state index is 0.0280. The standard InChI is InChI=1S/C36H37N3O6S/c1-4-5-20-45-29-17-15-27(16-18-29)37-34(40)24-46-30-13-9-12-28(23-30)38-36(42)31(39-35(41)26-10-7-6-8-11-26)21-25-14-19-32(43-2)33(22-25)44-3/h6-19,21-23H,4-5,20,24H2,1-3H3,(H,37,40)(H,38,42)(H,39,41)/b31-21+. The lowest BCUT2D eigenvalue weighted by Gasteiger charge is -2.13. The molecule has 0 atom stereocenters. The van der Waals surface area contributed by atoms with Crippen LogP contribution in [0.25, 0.3) is 6.08 Å². The van der Waals surface area contributed by atoms with E-state index in [1.165, 1.54) is 26.0 Å². The number of hydrogen-bond acceptors (Lipinski definition) is 7. The van der Waals surface area contributed by atoms with Crippen LogP contribution in [0.1, 0.15) is 35.7 Å². The van der Waals surface area contributed by atoms with Crippen LogP contribution in [0.4, 0.5) is 11.4 Å². The Kier molecular flexibility index (Phi) is 12.7. The molecule has 4 rings (SSSR count). The van der Waals surface area contributed by atoms with Crippen LogP contribution in [-0.2, 0) is 9.59 Å². The summed E-state index contributed by atoms with van der Waals surface area (Å²) < 4.78 is 16.4. The highest BCUT2D eigenvalue weighted by molar-refractivity contribution is 8.00. The number of anilines is 2. The van der Waals surface area contributed by atoms with Crippen LogP contribution in [-0.4, -0.2) is 44.3 Å². The van der Waals surface area contributed by atoms with Gasteiger partial charge in [0.2, 0.25) is 5.91 Å². The Morgan fingerprint density at radius 2 is 1.54 bits per heavy atom. The number of ether oxygens (including phenoxy) is 3. The van der Waals surface area contributed by atoms with Gasteiger partial charge in [-0.1, -0.05) is 43.7 Å². The van der Waals surface area contributed by atoms with Gasteiger partial charge in [0.25, 0.3) is 11.8 Å². The second-order valence-corrected chi connectivity index (χ2v) is 11.1. The molecule has 0 spiro atoms. The van der Waals surface area contributed by atoms with Gasteiger partial charge in [0.05, 0.1) is 26.6 Å². The molecule has 4 aromatic rings. The topological polar surface area (TPSA) is 115 Å². The monoisotopic (exact) mass is 639 g/mol. The summed E-state index contributed by atoms with van der Waals surface area (Å²) in [7, 11) is 3.06. The highest BCUT2D eigenvalue weighted by Crippen LogP contribution is 2.29. The van der Waals surface area contributed by atoms with Crippen molar-refractivity contribution in [2.45, 2.75) is 24.7 Å². The Labute approximate surface area is 273 Å². The number of carbonyl (C=O) groups excluding carboxylic acids is 3. The molecule has 10 heteroatoms. The first-order chi connectivity index (χ1) is 22.4. The molecule has 46 heavy (non-hydrogen) atoms. The quantitative estimate of drug-likeness (QED) is 0.0727. The van der Waals surface area contributed by atoms with Crippen molar-refractivity contribution in [3.8, 4) is 17.2 Å². The predicted octanol–water partition coefficient (Wildman–Crippen LogP) is 7.02. The van der Waals surface area contributed by atoms with Gasteiger partial charge in [-0.05, 0) is 84.8 Å². The molecule has 0 saturated carbocycles. The predicted molar refractivity (Wildman–Crippen MR) is 183 cm³/mol. The largest absolute Gasteiger partial charge is 0.494 e. The number of carbonyl (C=O) groups is 3. The lowest BCUT2D eigenvalue weighted by molar-refractivity contribution is -0.114. The van der Waals surface area contributed by atoms with Crippen molar-refractivity contribution >= 4 is 46.9 Å². The minimum atomic E-state index is -0.527. The fraction of sp³-hybridized carbons (Fsp3) is 0.194. The molecule has 3 amide bonds. The molecule has 3 N–H and O–H groups in total. The molecule has 238 valence electrons. The molecule has 9 nitrogen and oxygen atoms in total. The molecule has 0 saturated heterocycles. The molecule has 0 unspecified atom stereocenters. The van der Waals surface area contributed by atoms with E-state index in [2.05, 4.69) is 22.9 Å². The van der Waals surface area contributed by atoms with E-state index in [9.17, 15) is 14.4 Å². The third kappa shape index (κ3) is 10.2. The second kappa shape index (κ2) is 17.3. The molecule has 0 radical (unpaired) electrons. The zero-order valence-corrected chi connectivity index (χ0v) is 26.8. The zero-order valence-electron chi connectivity index (χ0n) is 26.0. The van der Waals surface area contributed by atoms with Crippen molar-refractivity contribution in [2.24, 2.45) is 0 Å². The molecule has 0 aliphatic carbocycles. The van der Waals surface area contributed by atoms with Gasteiger partial charge in [0.1, 0.15) is 11.4 Å². The maximum absolute atomic E-state index is 13.5. The summed E-state index contributed by atoms with van der Waals surface area (Å²) in [6.07, 6.45) is 3.61. The molecule has 0 bridgehead atoms. The van der Waals surface area contributed by atoms with Crippen molar-refractivity contribution in [1.29, 1.82) is 0 Å². The summed E-state index contributed by atoms with van der Waals surface area (Å²) >= 11 is 1.33. The Bertz CT molecular complexity index is 1660. The Morgan fingerprint density at radius 1 is 0.783 bits per heavy atom. The van der Waals surface area contributed by atoms with E-state index >= 15 is 0 Å². The maximum atomic E-state index is 13.5. The average Bonchev–Trinajstić information content (AvgIpc) is 3.08. The van der Waals surface area contributed by atoms with Crippen LogP contribution in [0.5, 0.6) is 17.2 Å². The maximum Gasteiger partial charge on any atom is 0.272 e. The van der Waals surface area contributed by atoms with Crippen molar-refractivity contribution in [1.82, 2.24) is 5.32 Å². The van der Waals surface area contributed by atoms with Crippen LogP contribution in [0.3, 0.4) is 0 Å². The number of methoxy groups -OCH3 is 2. The molecule has 0 aromatic heterocycles. The van der Waals surface area contributed by atoms with E-state index < -0.39 is 11.8 Å². The summed E-state index contributed by atoms with van der Waals surface area (Å²) in [5.41, 5.74) is 2.23. The van der Waals surface area contributed by atoms with Gasteiger partial charge in [-0.25, -0.2) is 0 Å². The number of rotatable bonds is 15. The summed E-state index contributed by atoms with van der Waals surface area (Å²) in [5.74, 6) is 0.824. The van der Waals surface area contributed by atoms with E-state index in [1.807, 2.05) is 30.3 Å². The Hall–Kier alpha value is -5.22. The number of unbranched alkanes of at least 4 members (excludes halogenated alkanes) is 1. The Balaban J connectivity index is 1.42. The first-order valence-corrected chi connectivity index (χ1v) is 15.7. The second-order valence-electron chi connectivity index (χ2n) is 10.0. The van der Waals surface area contributed by atoms with E-state index in [1.54, 1.807) is 72.8 Å². The fourth-order valence-electron chi connectivity index (χ4n) is 4.23. The average molecular weight is 640 g/mol. The molecular weight excluding hydrogens is 602 g/mol. The van der Waals surface area contributed by atoms with Gasteiger partial charge in [0, 0.05) is 21.8 Å². The van der Waals surface area contributed by atoms with Crippen LogP contribution in [0.2, 0.25) is 0 Å². The highest BCUT2D eigenvalue weighted by Gasteiger charge is 2.16. The van der Waals surface area contributed by atoms with Gasteiger partial charge in [0.15, 0.2) is 11.5 Å². The lowest BCUT2D eigenvalue weighted by atomic mass is 10.1. The molecule has 0 aliphatic heterocycles. The number of amides is 3. The molecule has 0 aliphatic rings. The normalized spacial score (nSPS) is 10.9. The summed E-state index contributed by atoms with van der Waals surface area (Å²) in [5, 5.41) is 8.48. The SMILES string of the molecule is CCCCOc1ccc(NC(=O)CSc2cccc(NC(=O)/C(=C\c3ccc(OC)c(OC)c3)NC(=O)c3ccccc3)c2)cc1. The van der Waals surface area contributed by atoms with Gasteiger partial charge in [-0.3, -0.25) is 14.4 Å². The summed E-state index contributed by atoms with van der Waals surface area (Å²) in [6.45, 7) is 2.77. The van der Waals surface area contributed by atoms with Crippen LogP contribution < -0.4 is 30.2 Å². The lowest BCUT2D eigenvalue weighted by Crippen LogP contribution is -2.30. The number of hydrogen-bond donors (Lipinski definition) is 3. The number of nitrogens with one attached hydrogen (secondary N) is 3. The van der Waals surface area contributed by atoms with Crippen molar-refractivity contribution in [2.75, 3.05) is 37.2 Å². The van der Waals surface area contributed by atoms with Crippen LogP contribution >= 0.6 is 11.8 Å². The fourth-order valence-corrected chi connectivity index (χ4v) is 4.98. The van der Waals surface area contributed by atoms with Crippen LogP contribution in [0, 0.1) is 0 Å². The van der Waals surface area contributed by atoms with Crippen molar-refractivity contribution in [3.05, 3.63) is 114 Å². The highest BCUT2D eigenvalue weighted by atomic mass is 32.2. The molecular formula is C36H37N3O6S. The van der Waals surface area contributed by atoms with Crippen molar-refractivity contribution < 1.29 is 28.6 Å². The molecule has 0 fully saturated rings. The summed E-state index contributed by atoms with van der Waals surface area (Å²) in [4.78, 5) is 39.9. The van der Waals surface area contributed by atoms with E-state index in [4.69, 9.17) is 14.2 Å². The zero-order chi connectivity index (χ0) is 32.7. The third-order valence-electron chi connectivity index (χ3n) is 6.61. The van der Waals surface area contributed by atoms with E-state index in [0.29, 0.717) is 40.6 Å². The van der Waals surface area contributed by atoms with Crippen LogP contribution in [0.15, 0.2) is 108 Å². The minimum Gasteiger partial charge on any atom is -0.494 e. The van der Waals surface area contributed by atoms with Crippen molar-refractivity contribution in [3.63, 3.8) is 0 Å². The van der Waals surface area contributed by atoms with Gasteiger partial charge in [-0.15, -0.1) is 11.8 Å². The number of thioether (sulfide) groups is 1. The number of benzene rings is 4. The van der Waals surface area contributed by atoms with E-state index in [-0.39, 0.29) is 17.4 Å². The molecule has 4 aromatic carbocycles. The Morgan fingerprint density at radius 3 is 2.26 bits per heavy atom. The summed E-state index contributed by atoms with van der Waals surface area (Å²) in [6, 6.07) is 28.2. The third-order valence-corrected chi connectivity index (χ3v) is 7.61. The molecule has 0 heterocycles. The van der Waals surface area contributed by atoms with Gasteiger partial charge in [-0.2, -0.15) is 0 Å². The first-order valence-electron chi connectivity index (χ1n) is 14.8. The van der Waals surface area contributed by atoms with E-state index in [0.717, 1.165) is 23.5 Å². The van der Waals surface area contributed by atoms with Gasteiger partial charge < -0.3 is 30.2 Å². The smallest absolute Gasteiger partial charge is 0.272 e.